The van der Waals surface area contributed by atoms with Crippen LogP contribution in [-0.2, 0) is 6.61 Å². The lowest BCUT2D eigenvalue weighted by atomic mass is 10.1. The first-order chi connectivity index (χ1) is 20.4. The third-order valence-corrected chi connectivity index (χ3v) is 6.71. The lowest BCUT2D eigenvalue weighted by Crippen LogP contribution is -2.20. The number of aromatic nitrogens is 2. The Balaban J connectivity index is 1.47. The maximum absolute atomic E-state index is 13.7. The van der Waals surface area contributed by atoms with Crippen molar-refractivity contribution in [2.75, 3.05) is 7.11 Å². The topological polar surface area (TPSA) is 122 Å². The number of nitro groups is 1. The molecule has 2 heterocycles. The van der Waals surface area contributed by atoms with Gasteiger partial charge in [-0.25, -0.2) is 4.98 Å². The number of aryl methyl sites for hydroxylation is 1. The van der Waals surface area contributed by atoms with Crippen molar-refractivity contribution in [3.63, 3.8) is 0 Å². The fourth-order valence-electron chi connectivity index (χ4n) is 4.68. The first-order valence-corrected chi connectivity index (χ1v) is 13.0. The van der Waals surface area contributed by atoms with Crippen LogP contribution in [-0.4, -0.2) is 27.9 Å². The van der Waals surface area contributed by atoms with Crippen LogP contribution < -0.4 is 15.0 Å². The molecule has 0 radical (unpaired) electrons. The van der Waals surface area contributed by atoms with Crippen LogP contribution in [0.1, 0.15) is 16.7 Å². The molecule has 10 nitrogen and oxygen atoms in total. The van der Waals surface area contributed by atoms with E-state index in [9.17, 15) is 14.9 Å². The number of ether oxygens (including phenoxy) is 2. The van der Waals surface area contributed by atoms with E-state index in [1.54, 1.807) is 55.6 Å². The summed E-state index contributed by atoms with van der Waals surface area (Å²) in [5, 5.41) is 17.1. The van der Waals surface area contributed by atoms with Crippen LogP contribution in [0.2, 0.25) is 0 Å². The Morgan fingerprint density at radius 2 is 1.81 bits per heavy atom. The molecule has 0 aliphatic carbocycles. The molecule has 0 saturated carbocycles. The third kappa shape index (κ3) is 5.08. The van der Waals surface area contributed by atoms with Crippen molar-refractivity contribution in [2.24, 2.45) is 5.10 Å². The number of non-ortho nitro benzene ring substituents is 1. The first kappa shape index (κ1) is 26.5. The number of hydrogen-bond acceptors (Lipinski definition) is 8. The van der Waals surface area contributed by atoms with Gasteiger partial charge in [-0.1, -0.05) is 48.0 Å². The number of benzene rings is 4. The number of hydrogen-bond donors (Lipinski definition) is 0. The van der Waals surface area contributed by atoms with Crippen molar-refractivity contribution in [2.45, 2.75) is 13.5 Å². The van der Waals surface area contributed by atoms with Gasteiger partial charge in [0.2, 0.25) is 5.82 Å². The Morgan fingerprint density at radius 1 is 0.976 bits per heavy atom. The molecule has 0 atom stereocenters. The highest BCUT2D eigenvalue weighted by Crippen LogP contribution is 2.33. The van der Waals surface area contributed by atoms with E-state index in [1.165, 1.54) is 24.4 Å². The molecule has 0 amide bonds. The number of para-hydroxylation sites is 1. The van der Waals surface area contributed by atoms with Gasteiger partial charge in [0.15, 0.2) is 5.76 Å². The summed E-state index contributed by atoms with van der Waals surface area (Å²) >= 11 is 0. The third-order valence-electron chi connectivity index (χ3n) is 6.71. The van der Waals surface area contributed by atoms with E-state index >= 15 is 0 Å². The second kappa shape index (κ2) is 11.0. The van der Waals surface area contributed by atoms with Gasteiger partial charge >= 0.3 is 0 Å². The summed E-state index contributed by atoms with van der Waals surface area (Å²) < 4.78 is 18.7. The van der Waals surface area contributed by atoms with Crippen LogP contribution >= 0.6 is 0 Å². The molecule has 0 aliphatic rings. The van der Waals surface area contributed by atoms with Crippen LogP contribution in [0.3, 0.4) is 0 Å². The van der Waals surface area contributed by atoms with Gasteiger partial charge in [0.05, 0.1) is 34.5 Å². The number of furan rings is 1. The molecule has 2 aromatic heterocycles. The first-order valence-electron chi connectivity index (χ1n) is 13.0. The molecule has 0 N–H and O–H groups in total. The molecular weight excluding hydrogens is 536 g/mol. The van der Waals surface area contributed by atoms with Gasteiger partial charge in [0.25, 0.3) is 11.2 Å². The second-order valence-electron chi connectivity index (χ2n) is 9.55. The average molecular weight is 561 g/mol. The minimum atomic E-state index is -0.501. The predicted molar refractivity (Wildman–Crippen MR) is 159 cm³/mol. The molecule has 0 spiro atoms. The van der Waals surface area contributed by atoms with Crippen molar-refractivity contribution in [3.8, 4) is 23.1 Å². The Kier molecular flexibility index (Phi) is 6.93. The van der Waals surface area contributed by atoms with E-state index in [2.05, 4.69) is 5.10 Å². The fourth-order valence-corrected chi connectivity index (χ4v) is 4.68. The largest absolute Gasteiger partial charge is 0.496 e. The zero-order valence-corrected chi connectivity index (χ0v) is 22.7. The Hall–Kier alpha value is -5.77. The van der Waals surface area contributed by atoms with Crippen molar-refractivity contribution < 1.29 is 18.8 Å². The molecule has 4 aromatic carbocycles. The Bertz CT molecular complexity index is 2060. The van der Waals surface area contributed by atoms with Gasteiger partial charge in [0, 0.05) is 17.7 Å². The quantitative estimate of drug-likeness (QED) is 0.118. The maximum atomic E-state index is 13.7. The van der Waals surface area contributed by atoms with E-state index in [0.717, 1.165) is 15.8 Å². The molecule has 10 heteroatoms. The SMILES string of the molecule is COc1cccc2oc(-c3nc4ccccc4c(=O)n3N=Cc3cc([N+](=O)[O-])ccc3OCc3cccc(C)c3)cc12. The minimum absolute atomic E-state index is 0.145. The monoisotopic (exact) mass is 560 g/mol. The fraction of sp³-hybridized carbons (Fsp3) is 0.0938. The molecule has 42 heavy (non-hydrogen) atoms. The van der Waals surface area contributed by atoms with Crippen LogP contribution in [0.25, 0.3) is 33.5 Å². The van der Waals surface area contributed by atoms with Crippen molar-refractivity contribution in [3.05, 3.63) is 128 Å². The summed E-state index contributed by atoms with van der Waals surface area (Å²) in [5.74, 6) is 1.42. The summed E-state index contributed by atoms with van der Waals surface area (Å²) in [5.41, 5.74) is 2.77. The number of methoxy groups -OCH3 is 1. The van der Waals surface area contributed by atoms with Gasteiger partial charge in [0.1, 0.15) is 23.7 Å². The highest BCUT2D eigenvalue weighted by molar-refractivity contribution is 5.89. The van der Waals surface area contributed by atoms with E-state index in [1.807, 2.05) is 31.2 Å². The lowest BCUT2D eigenvalue weighted by molar-refractivity contribution is -0.384. The Morgan fingerprint density at radius 3 is 2.62 bits per heavy atom. The van der Waals surface area contributed by atoms with Crippen LogP contribution in [0.15, 0.2) is 105 Å². The summed E-state index contributed by atoms with van der Waals surface area (Å²) in [6.45, 7) is 2.22. The molecule has 0 unspecified atom stereocenters. The summed E-state index contributed by atoms with van der Waals surface area (Å²) in [4.78, 5) is 29.4. The average Bonchev–Trinajstić information content (AvgIpc) is 3.44. The van der Waals surface area contributed by atoms with Gasteiger partial charge in [-0.3, -0.25) is 14.9 Å². The van der Waals surface area contributed by atoms with Crippen molar-refractivity contribution in [1.82, 2.24) is 9.66 Å². The lowest BCUT2D eigenvalue weighted by Gasteiger charge is -2.10. The maximum Gasteiger partial charge on any atom is 0.282 e. The van der Waals surface area contributed by atoms with Crippen LogP contribution in [0, 0.1) is 17.0 Å². The van der Waals surface area contributed by atoms with E-state index in [4.69, 9.17) is 18.9 Å². The molecule has 0 fully saturated rings. The summed E-state index contributed by atoms with van der Waals surface area (Å²) in [6, 6.07) is 26.1. The van der Waals surface area contributed by atoms with Gasteiger partial charge in [-0.05, 0) is 48.9 Å². The molecule has 208 valence electrons. The molecule has 0 bridgehead atoms. The van der Waals surface area contributed by atoms with Gasteiger partial charge in [-0.2, -0.15) is 9.78 Å². The number of rotatable bonds is 8. The van der Waals surface area contributed by atoms with Gasteiger partial charge < -0.3 is 13.9 Å². The van der Waals surface area contributed by atoms with E-state index in [0.29, 0.717) is 44.7 Å². The van der Waals surface area contributed by atoms with Crippen molar-refractivity contribution in [1.29, 1.82) is 0 Å². The normalized spacial score (nSPS) is 11.4. The zero-order chi connectivity index (χ0) is 29.2. The zero-order valence-electron chi connectivity index (χ0n) is 22.7. The molecular formula is C32H24N4O6. The van der Waals surface area contributed by atoms with Gasteiger partial charge in [-0.15, -0.1) is 0 Å². The Labute approximate surface area is 239 Å². The highest BCUT2D eigenvalue weighted by Gasteiger charge is 2.18. The predicted octanol–water partition coefficient (Wildman–Crippen LogP) is 6.50. The molecule has 6 aromatic rings. The number of fused-ring (bicyclic) bond motifs is 2. The molecule has 0 aliphatic heterocycles. The van der Waals surface area contributed by atoms with E-state index < -0.39 is 10.5 Å². The van der Waals surface area contributed by atoms with Crippen molar-refractivity contribution >= 4 is 33.8 Å². The minimum Gasteiger partial charge on any atom is -0.496 e. The standard InChI is InChI=1S/C32H24N4O6/c1-20-7-5-8-21(15-20)19-41-27-14-13-23(36(38)39)16-22(27)18-33-35-31(34-26-10-4-3-9-24(26)32(35)37)30-17-25-28(40-2)11-6-12-29(25)42-30/h3-18H,19H2,1-2H3. The van der Waals surface area contributed by atoms with Crippen LogP contribution in [0.5, 0.6) is 11.5 Å². The van der Waals surface area contributed by atoms with Crippen LogP contribution in [0.4, 0.5) is 5.69 Å². The summed E-state index contributed by atoms with van der Waals surface area (Å²) in [7, 11) is 1.56. The highest BCUT2D eigenvalue weighted by atomic mass is 16.6. The summed E-state index contributed by atoms with van der Waals surface area (Å²) in [6.07, 6.45) is 1.35. The number of nitro benzene ring substituents is 1. The molecule has 0 saturated heterocycles. The van der Waals surface area contributed by atoms with E-state index in [-0.39, 0.29) is 18.1 Å². The number of nitrogens with zero attached hydrogens (tertiary/aromatic N) is 4. The smallest absolute Gasteiger partial charge is 0.282 e. The molecule has 6 rings (SSSR count). The second-order valence-corrected chi connectivity index (χ2v) is 9.55.